The highest BCUT2D eigenvalue weighted by Gasteiger charge is 2.06. The fourth-order valence-corrected chi connectivity index (χ4v) is 1.82. The van der Waals surface area contributed by atoms with Crippen LogP contribution < -0.4 is 15.6 Å². The quantitative estimate of drug-likeness (QED) is 0.766. The Balaban J connectivity index is 1.65. The third-order valence-corrected chi connectivity index (χ3v) is 3.01. The van der Waals surface area contributed by atoms with Gasteiger partial charge in [-0.05, 0) is 18.5 Å². The van der Waals surface area contributed by atoms with E-state index in [9.17, 15) is 4.79 Å². The minimum Gasteiger partial charge on any atom is -0.476 e. The Morgan fingerprint density at radius 1 is 1.30 bits per heavy atom. The van der Waals surface area contributed by atoms with Crippen molar-refractivity contribution in [2.75, 3.05) is 13.2 Å². The topological polar surface area (TPSA) is 67.0 Å². The van der Waals surface area contributed by atoms with E-state index in [0.717, 1.165) is 19.5 Å². The standard InChI is InChI=1S/C14H16ClN3O2/c15-12-13(19)17-10-18-14(12)20-8-4-7-16-9-11-5-2-1-3-6-11/h1-3,5-6,10,16H,4,7-9H2,(H,17,18,19). The molecule has 0 aliphatic rings. The van der Waals surface area contributed by atoms with Crippen LogP contribution in [0.1, 0.15) is 12.0 Å². The molecule has 6 heteroatoms. The van der Waals surface area contributed by atoms with Crippen LogP contribution in [0.5, 0.6) is 5.88 Å². The molecule has 106 valence electrons. The van der Waals surface area contributed by atoms with Crippen molar-refractivity contribution in [2.45, 2.75) is 13.0 Å². The summed E-state index contributed by atoms with van der Waals surface area (Å²) in [5.74, 6) is 0.179. The van der Waals surface area contributed by atoms with Gasteiger partial charge in [0.15, 0.2) is 5.02 Å². The summed E-state index contributed by atoms with van der Waals surface area (Å²) >= 11 is 5.77. The molecule has 0 fully saturated rings. The minimum atomic E-state index is -0.390. The van der Waals surface area contributed by atoms with Crippen molar-refractivity contribution in [2.24, 2.45) is 0 Å². The fraction of sp³-hybridized carbons (Fsp3) is 0.286. The Bertz CT molecular complexity index is 586. The van der Waals surface area contributed by atoms with Gasteiger partial charge in [-0.15, -0.1) is 0 Å². The Hall–Kier alpha value is -1.85. The number of nitrogens with zero attached hydrogens (tertiary/aromatic N) is 1. The number of halogens is 1. The van der Waals surface area contributed by atoms with Crippen LogP contribution in [0.15, 0.2) is 41.5 Å². The predicted molar refractivity (Wildman–Crippen MR) is 78.1 cm³/mol. The van der Waals surface area contributed by atoms with E-state index in [4.69, 9.17) is 16.3 Å². The average Bonchev–Trinajstić information content (AvgIpc) is 2.48. The van der Waals surface area contributed by atoms with E-state index in [1.165, 1.54) is 11.9 Å². The van der Waals surface area contributed by atoms with Gasteiger partial charge in [0.25, 0.3) is 5.56 Å². The molecular formula is C14H16ClN3O2. The number of ether oxygens (including phenoxy) is 1. The van der Waals surface area contributed by atoms with Gasteiger partial charge in [0.05, 0.1) is 12.9 Å². The van der Waals surface area contributed by atoms with Gasteiger partial charge in [0, 0.05) is 6.54 Å². The molecule has 2 N–H and O–H groups in total. The van der Waals surface area contributed by atoms with Crippen molar-refractivity contribution in [1.82, 2.24) is 15.3 Å². The molecule has 0 unspecified atom stereocenters. The van der Waals surface area contributed by atoms with Gasteiger partial charge in [0.1, 0.15) is 0 Å². The molecule has 0 amide bonds. The van der Waals surface area contributed by atoms with Gasteiger partial charge in [-0.3, -0.25) is 4.79 Å². The summed E-state index contributed by atoms with van der Waals surface area (Å²) in [6.07, 6.45) is 2.08. The summed E-state index contributed by atoms with van der Waals surface area (Å²) in [7, 11) is 0. The van der Waals surface area contributed by atoms with E-state index in [2.05, 4.69) is 27.4 Å². The number of hydrogen-bond acceptors (Lipinski definition) is 4. The molecule has 0 saturated heterocycles. The van der Waals surface area contributed by atoms with Crippen molar-refractivity contribution in [1.29, 1.82) is 0 Å². The van der Waals surface area contributed by atoms with Gasteiger partial charge in [-0.25, -0.2) is 4.98 Å². The summed E-state index contributed by atoms with van der Waals surface area (Å²) < 4.78 is 5.37. The van der Waals surface area contributed by atoms with E-state index in [-0.39, 0.29) is 16.5 Å². The Kier molecular flexibility index (Phi) is 5.58. The maximum absolute atomic E-state index is 11.2. The predicted octanol–water partition coefficient (Wildman–Crippen LogP) is 1.98. The van der Waals surface area contributed by atoms with Crippen molar-refractivity contribution < 1.29 is 4.74 Å². The number of hydrogen-bond donors (Lipinski definition) is 2. The molecule has 0 bridgehead atoms. The minimum absolute atomic E-state index is 0.00950. The number of benzene rings is 1. The first-order chi connectivity index (χ1) is 9.77. The highest BCUT2D eigenvalue weighted by Crippen LogP contribution is 2.14. The molecule has 0 aliphatic heterocycles. The van der Waals surface area contributed by atoms with Crippen molar-refractivity contribution >= 4 is 11.6 Å². The molecule has 0 atom stereocenters. The highest BCUT2D eigenvalue weighted by molar-refractivity contribution is 6.31. The van der Waals surface area contributed by atoms with Gasteiger partial charge in [-0.1, -0.05) is 41.9 Å². The van der Waals surface area contributed by atoms with E-state index in [1.807, 2.05) is 18.2 Å². The Morgan fingerprint density at radius 2 is 2.10 bits per heavy atom. The van der Waals surface area contributed by atoms with E-state index < -0.39 is 0 Å². The largest absolute Gasteiger partial charge is 0.476 e. The maximum Gasteiger partial charge on any atom is 0.273 e. The van der Waals surface area contributed by atoms with Crippen molar-refractivity contribution in [3.8, 4) is 5.88 Å². The molecule has 1 heterocycles. The monoisotopic (exact) mass is 293 g/mol. The third-order valence-electron chi connectivity index (χ3n) is 2.67. The van der Waals surface area contributed by atoms with Crippen LogP contribution in [-0.4, -0.2) is 23.1 Å². The molecule has 2 rings (SSSR count). The molecule has 2 aromatic rings. The average molecular weight is 294 g/mol. The summed E-state index contributed by atoms with van der Waals surface area (Å²) in [5, 5.41) is 3.30. The first-order valence-electron chi connectivity index (χ1n) is 6.38. The summed E-state index contributed by atoms with van der Waals surface area (Å²) in [6.45, 7) is 2.10. The van der Waals surface area contributed by atoms with Crippen molar-refractivity contribution in [3.05, 3.63) is 57.6 Å². The van der Waals surface area contributed by atoms with Gasteiger partial charge < -0.3 is 15.0 Å². The second kappa shape index (κ2) is 7.67. The number of rotatable bonds is 7. The van der Waals surface area contributed by atoms with Gasteiger partial charge in [-0.2, -0.15) is 0 Å². The van der Waals surface area contributed by atoms with Gasteiger partial charge in [0.2, 0.25) is 5.88 Å². The molecule has 0 radical (unpaired) electrons. The Morgan fingerprint density at radius 3 is 2.90 bits per heavy atom. The lowest BCUT2D eigenvalue weighted by Gasteiger charge is -2.07. The number of nitrogens with one attached hydrogen (secondary N) is 2. The molecule has 1 aromatic heterocycles. The normalized spacial score (nSPS) is 10.4. The smallest absolute Gasteiger partial charge is 0.273 e. The molecule has 0 aliphatic carbocycles. The van der Waals surface area contributed by atoms with Gasteiger partial charge >= 0.3 is 0 Å². The van der Waals surface area contributed by atoms with E-state index in [0.29, 0.717) is 6.61 Å². The zero-order valence-corrected chi connectivity index (χ0v) is 11.7. The van der Waals surface area contributed by atoms with Crippen LogP contribution >= 0.6 is 11.6 Å². The summed E-state index contributed by atoms with van der Waals surface area (Å²) in [4.78, 5) is 17.5. The molecule has 0 saturated carbocycles. The van der Waals surface area contributed by atoms with Crippen LogP contribution in [0, 0.1) is 0 Å². The Labute approximate surface area is 122 Å². The maximum atomic E-state index is 11.2. The third kappa shape index (κ3) is 4.36. The lowest BCUT2D eigenvalue weighted by molar-refractivity contribution is 0.296. The lowest BCUT2D eigenvalue weighted by Crippen LogP contribution is -2.17. The molecular weight excluding hydrogens is 278 g/mol. The van der Waals surface area contributed by atoms with Crippen LogP contribution in [0.3, 0.4) is 0 Å². The molecule has 0 spiro atoms. The second-order valence-electron chi connectivity index (χ2n) is 4.22. The zero-order chi connectivity index (χ0) is 14.2. The van der Waals surface area contributed by atoms with E-state index >= 15 is 0 Å². The number of aromatic nitrogens is 2. The lowest BCUT2D eigenvalue weighted by atomic mass is 10.2. The first-order valence-corrected chi connectivity index (χ1v) is 6.76. The SMILES string of the molecule is O=c1[nH]cnc(OCCCNCc2ccccc2)c1Cl. The zero-order valence-electron chi connectivity index (χ0n) is 10.9. The highest BCUT2D eigenvalue weighted by atomic mass is 35.5. The number of aromatic amines is 1. The second-order valence-corrected chi connectivity index (χ2v) is 4.59. The number of H-pyrrole nitrogens is 1. The summed E-state index contributed by atoms with van der Waals surface area (Å²) in [5.41, 5.74) is 0.853. The van der Waals surface area contributed by atoms with Crippen molar-refractivity contribution in [3.63, 3.8) is 0 Å². The van der Waals surface area contributed by atoms with Crippen LogP contribution in [0.2, 0.25) is 5.02 Å². The molecule has 1 aromatic carbocycles. The van der Waals surface area contributed by atoms with Crippen LogP contribution in [0.4, 0.5) is 0 Å². The summed E-state index contributed by atoms with van der Waals surface area (Å²) in [6, 6.07) is 10.2. The molecule has 5 nitrogen and oxygen atoms in total. The first kappa shape index (κ1) is 14.6. The molecule has 20 heavy (non-hydrogen) atoms. The van der Waals surface area contributed by atoms with E-state index in [1.54, 1.807) is 0 Å². The fourth-order valence-electron chi connectivity index (χ4n) is 1.66. The van der Waals surface area contributed by atoms with Crippen LogP contribution in [-0.2, 0) is 6.54 Å². The van der Waals surface area contributed by atoms with Crippen LogP contribution in [0.25, 0.3) is 0 Å².